The van der Waals surface area contributed by atoms with Gasteiger partial charge in [0.05, 0.1) is 6.10 Å². The number of piperazine rings is 1. The van der Waals surface area contributed by atoms with Crippen LogP contribution in [-0.2, 0) is 14.8 Å². The zero-order valence-electron chi connectivity index (χ0n) is 15.3. The summed E-state index contributed by atoms with van der Waals surface area (Å²) in [5, 5.41) is 0. The summed E-state index contributed by atoms with van der Waals surface area (Å²) < 4.78 is 32.6. The number of likely N-dealkylation sites (N-methyl/N-ethyl adjacent to an activating group) is 1. The molecule has 0 N–H and O–H groups in total. The number of hydrogen-bond donors (Lipinski definition) is 0. The second-order valence-corrected chi connectivity index (χ2v) is 8.98. The molecule has 2 aliphatic heterocycles. The molecule has 25 heavy (non-hydrogen) atoms. The van der Waals surface area contributed by atoms with E-state index in [0.717, 1.165) is 38.4 Å². The fourth-order valence-electron chi connectivity index (χ4n) is 3.44. The number of ether oxygens (including phenoxy) is 1. The Bertz CT molecular complexity index is 672. The molecule has 3 heterocycles. The van der Waals surface area contributed by atoms with Gasteiger partial charge in [0.25, 0.3) is 0 Å². The molecule has 8 heteroatoms. The minimum atomic E-state index is -3.46. The molecule has 0 aliphatic carbocycles. The zero-order chi connectivity index (χ0) is 18.0. The van der Waals surface area contributed by atoms with Crippen LogP contribution in [0.25, 0.3) is 0 Å². The number of methoxy groups -OCH3 is 1. The monoisotopic (exact) mass is 368 g/mol. The number of nitrogens with zero attached hydrogens (tertiary/aromatic N) is 4. The molecule has 0 saturated carbocycles. The highest BCUT2D eigenvalue weighted by Crippen LogP contribution is 2.25. The van der Waals surface area contributed by atoms with E-state index in [2.05, 4.69) is 21.7 Å². The van der Waals surface area contributed by atoms with E-state index in [0.29, 0.717) is 19.0 Å². The minimum absolute atomic E-state index is 0.185. The quantitative estimate of drug-likeness (QED) is 0.786. The maximum absolute atomic E-state index is 12.8. The third-order valence-corrected chi connectivity index (χ3v) is 7.22. The van der Waals surface area contributed by atoms with Gasteiger partial charge in [0.15, 0.2) is 0 Å². The maximum atomic E-state index is 12.8. The van der Waals surface area contributed by atoms with Crippen molar-refractivity contribution < 1.29 is 13.2 Å². The Morgan fingerprint density at radius 2 is 1.88 bits per heavy atom. The first kappa shape index (κ1) is 18.6. The van der Waals surface area contributed by atoms with E-state index in [1.807, 2.05) is 13.1 Å². The van der Waals surface area contributed by atoms with Crippen LogP contribution in [0, 0.1) is 5.92 Å². The first-order valence-electron chi connectivity index (χ1n) is 8.84. The van der Waals surface area contributed by atoms with Crippen LogP contribution in [0.15, 0.2) is 23.2 Å². The molecule has 0 amide bonds. The second-order valence-electron chi connectivity index (χ2n) is 7.05. The molecule has 2 unspecified atom stereocenters. The number of pyridine rings is 1. The van der Waals surface area contributed by atoms with Gasteiger partial charge in [0.1, 0.15) is 10.7 Å². The Morgan fingerprint density at radius 1 is 1.16 bits per heavy atom. The lowest BCUT2D eigenvalue weighted by atomic mass is 9.96. The second kappa shape index (κ2) is 7.57. The van der Waals surface area contributed by atoms with E-state index in [1.54, 1.807) is 17.5 Å². The molecule has 2 atom stereocenters. The normalized spacial score (nSPS) is 26.8. The van der Waals surface area contributed by atoms with Crippen molar-refractivity contribution in [2.24, 2.45) is 5.92 Å². The van der Waals surface area contributed by atoms with Gasteiger partial charge < -0.3 is 14.5 Å². The molecule has 2 fully saturated rings. The predicted octanol–water partition coefficient (Wildman–Crippen LogP) is 0.879. The van der Waals surface area contributed by atoms with Crippen LogP contribution in [0.2, 0.25) is 0 Å². The van der Waals surface area contributed by atoms with Crippen molar-refractivity contribution in [1.29, 1.82) is 0 Å². The van der Waals surface area contributed by atoms with Crippen LogP contribution in [0.1, 0.15) is 13.3 Å². The van der Waals surface area contributed by atoms with Crippen molar-refractivity contribution in [1.82, 2.24) is 14.2 Å². The summed E-state index contributed by atoms with van der Waals surface area (Å²) in [7, 11) is 0.291. The highest BCUT2D eigenvalue weighted by atomic mass is 32.2. The van der Waals surface area contributed by atoms with E-state index in [1.165, 1.54) is 6.20 Å². The van der Waals surface area contributed by atoms with Gasteiger partial charge in [-0.05, 0) is 31.5 Å². The molecular weight excluding hydrogens is 340 g/mol. The van der Waals surface area contributed by atoms with E-state index in [9.17, 15) is 8.42 Å². The topological polar surface area (TPSA) is 66.0 Å². The average Bonchev–Trinajstić information content (AvgIpc) is 2.62. The van der Waals surface area contributed by atoms with Crippen molar-refractivity contribution in [3.63, 3.8) is 0 Å². The number of aromatic nitrogens is 1. The van der Waals surface area contributed by atoms with E-state index in [-0.39, 0.29) is 11.0 Å². The summed E-state index contributed by atoms with van der Waals surface area (Å²) >= 11 is 0. The predicted molar refractivity (Wildman–Crippen MR) is 97.3 cm³/mol. The van der Waals surface area contributed by atoms with Crippen LogP contribution >= 0.6 is 0 Å². The molecule has 2 aliphatic rings. The zero-order valence-corrected chi connectivity index (χ0v) is 16.1. The first-order valence-corrected chi connectivity index (χ1v) is 10.3. The van der Waals surface area contributed by atoms with Crippen molar-refractivity contribution in [2.75, 3.05) is 58.3 Å². The van der Waals surface area contributed by atoms with Gasteiger partial charge in [0, 0.05) is 52.6 Å². The van der Waals surface area contributed by atoms with Crippen molar-refractivity contribution in [2.45, 2.75) is 24.3 Å². The van der Waals surface area contributed by atoms with E-state index < -0.39 is 10.0 Å². The molecule has 0 aromatic carbocycles. The highest BCUT2D eigenvalue weighted by Gasteiger charge is 2.29. The standard InChI is InChI=1S/C17H28N4O3S/c1-14-6-7-20(13-16(14)24-3)17-5-4-15(12-18-17)25(22,23)21-10-8-19(2)9-11-21/h4-5,12,14,16H,6-11,13H2,1-3H3. The van der Waals surface area contributed by atoms with E-state index in [4.69, 9.17) is 4.74 Å². The lowest BCUT2D eigenvalue weighted by Gasteiger charge is -2.37. The van der Waals surface area contributed by atoms with Gasteiger partial charge in [-0.3, -0.25) is 0 Å². The Hall–Kier alpha value is -1.22. The van der Waals surface area contributed by atoms with Crippen LogP contribution < -0.4 is 4.90 Å². The Balaban J connectivity index is 1.71. The SMILES string of the molecule is COC1CN(c2ccc(S(=O)(=O)N3CCN(C)CC3)cn2)CCC1C. The number of hydrogen-bond acceptors (Lipinski definition) is 6. The molecule has 3 rings (SSSR count). The van der Waals surface area contributed by atoms with Gasteiger partial charge >= 0.3 is 0 Å². The molecule has 0 spiro atoms. The van der Waals surface area contributed by atoms with Gasteiger partial charge in [-0.2, -0.15) is 4.31 Å². The van der Waals surface area contributed by atoms with Gasteiger partial charge in [-0.25, -0.2) is 13.4 Å². The van der Waals surface area contributed by atoms with Crippen molar-refractivity contribution in [3.8, 4) is 0 Å². The molecule has 1 aromatic rings. The third-order valence-electron chi connectivity index (χ3n) is 5.34. The summed E-state index contributed by atoms with van der Waals surface area (Å²) in [5.74, 6) is 1.34. The van der Waals surface area contributed by atoms with Gasteiger partial charge in [-0.15, -0.1) is 0 Å². The van der Waals surface area contributed by atoms with Crippen LogP contribution in [0.3, 0.4) is 0 Å². The summed E-state index contributed by atoms with van der Waals surface area (Å²) in [6, 6.07) is 3.49. The molecule has 1 aromatic heterocycles. The third kappa shape index (κ3) is 3.97. The van der Waals surface area contributed by atoms with Crippen molar-refractivity contribution in [3.05, 3.63) is 18.3 Å². The fourth-order valence-corrected chi connectivity index (χ4v) is 4.81. The molecule has 0 bridgehead atoms. The number of sulfonamides is 1. The smallest absolute Gasteiger partial charge is 0.244 e. The van der Waals surface area contributed by atoms with E-state index >= 15 is 0 Å². The fraction of sp³-hybridized carbons (Fsp3) is 0.706. The molecule has 2 saturated heterocycles. The Kier molecular flexibility index (Phi) is 5.62. The summed E-state index contributed by atoms with van der Waals surface area (Å²) in [6.45, 7) is 6.48. The average molecular weight is 369 g/mol. The lowest BCUT2D eigenvalue weighted by Crippen LogP contribution is -2.47. The van der Waals surface area contributed by atoms with Crippen LogP contribution in [0.5, 0.6) is 0 Å². The van der Waals surface area contributed by atoms with Crippen LogP contribution in [0.4, 0.5) is 5.82 Å². The Morgan fingerprint density at radius 3 is 2.48 bits per heavy atom. The maximum Gasteiger partial charge on any atom is 0.244 e. The number of rotatable bonds is 4. The molecule has 0 radical (unpaired) electrons. The summed E-state index contributed by atoms with van der Waals surface area (Å²) in [5.41, 5.74) is 0. The molecule has 140 valence electrons. The first-order chi connectivity index (χ1) is 11.9. The molecular formula is C17H28N4O3S. The van der Waals surface area contributed by atoms with Crippen LogP contribution in [-0.4, -0.2) is 82.1 Å². The number of anilines is 1. The summed E-state index contributed by atoms with van der Waals surface area (Å²) in [6.07, 6.45) is 2.72. The lowest BCUT2D eigenvalue weighted by molar-refractivity contribution is 0.0496. The minimum Gasteiger partial charge on any atom is -0.379 e. The Labute approximate surface area is 150 Å². The number of piperidine rings is 1. The largest absolute Gasteiger partial charge is 0.379 e. The molecule has 7 nitrogen and oxygen atoms in total. The van der Waals surface area contributed by atoms with Gasteiger partial charge in [0.2, 0.25) is 10.0 Å². The van der Waals surface area contributed by atoms with Crippen molar-refractivity contribution >= 4 is 15.8 Å². The summed E-state index contributed by atoms with van der Waals surface area (Å²) in [4.78, 5) is 9.00. The van der Waals surface area contributed by atoms with Gasteiger partial charge in [-0.1, -0.05) is 6.92 Å². The highest BCUT2D eigenvalue weighted by molar-refractivity contribution is 7.89.